The molecule has 7 nitrogen and oxygen atoms in total. The third kappa shape index (κ3) is 5.66. The maximum atomic E-state index is 12.3. The lowest BCUT2D eigenvalue weighted by molar-refractivity contribution is -0.192. The smallest absolute Gasteiger partial charge is 0.475 e. The van der Waals surface area contributed by atoms with Gasteiger partial charge in [-0.05, 0) is 18.2 Å². The topological polar surface area (TPSA) is 105 Å². The summed E-state index contributed by atoms with van der Waals surface area (Å²) >= 11 is 0. The number of halogens is 3. The normalized spacial score (nSPS) is 10.8. The molecule has 0 aliphatic heterocycles. The fourth-order valence-corrected chi connectivity index (χ4v) is 2.44. The average Bonchev–Trinajstić information content (AvgIpc) is 3.25. The summed E-state index contributed by atoms with van der Waals surface area (Å²) in [5, 5.41) is 14.7. The minimum absolute atomic E-state index is 0.212. The van der Waals surface area contributed by atoms with Crippen LogP contribution in [0.5, 0.6) is 0 Å². The van der Waals surface area contributed by atoms with E-state index in [4.69, 9.17) is 14.4 Å². The Kier molecular flexibility index (Phi) is 6.29. The van der Waals surface area contributed by atoms with E-state index in [1.165, 1.54) is 0 Å². The number of carbonyl (C=O) groups excluding carboxylic acids is 1. The van der Waals surface area contributed by atoms with Crippen molar-refractivity contribution >= 4 is 28.6 Å². The molecule has 2 aromatic carbocycles. The molecule has 0 fully saturated rings. The number of anilines is 1. The molecule has 0 radical (unpaired) electrons. The molecule has 0 spiro atoms. The minimum Gasteiger partial charge on any atom is -0.475 e. The monoisotopic (exact) mass is 429 g/mol. The van der Waals surface area contributed by atoms with Crippen LogP contribution >= 0.6 is 0 Å². The van der Waals surface area contributed by atoms with Gasteiger partial charge in [0.15, 0.2) is 11.5 Å². The minimum atomic E-state index is -5.08. The van der Waals surface area contributed by atoms with Gasteiger partial charge in [0.05, 0.1) is 5.52 Å². The second kappa shape index (κ2) is 9.08. The van der Waals surface area contributed by atoms with Crippen molar-refractivity contribution in [2.24, 2.45) is 0 Å². The van der Waals surface area contributed by atoms with Crippen molar-refractivity contribution in [1.29, 1.82) is 0 Å². The van der Waals surface area contributed by atoms with Gasteiger partial charge in [-0.2, -0.15) is 13.2 Å². The van der Waals surface area contributed by atoms with E-state index >= 15 is 0 Å². The molecule has 0 aliphatic carbocycles. The second-order valence-electron chi connectivity index (χ2n) is 6.09. The van der Waals surface area contributed by atoms with E-state index < -0.39 is 12.1 Å². The summed E-state index contributed by atoms with van der Waals surface area (Å²) in [6, 6.07) is 22.5. The highest BCUT2D eigenvalue weighted by Crippen LogP contribution is 2.21. The number of nitrogens with zero attached hydrogens (tertiary/aromatic N) is 2. The van der Waals surface area contributed by atoms with Gasteiger partial charge in [-0.3, -0.25) is 4.79 Å². The molecule has 0 aliphatic rings. The lowest BCUT2D eigenvalue weighted by atomic mass is 10.1. The molecule has 1 amide bonds. The fraction of sp³-hybridized carbons (Fsp3) is 0.0476. The number of benzene rings is 2. The van der Waals surface area contributed by atoms with E-state index in [9.17, 15) is 18.0 Å². The number of fused-ring (bicyclic) bond motifs is 1. The molecule has 0 atom stereocenters. The molecule has 0 unspecified atom stereocenters. The van der Waals surface area contributed by atoms with Crippen molar-refractivity contribution < 1.29 is 32.4 Å². The van der Waals surface area contributed by atoms with Crippen molar-refractivity contribution in [3.8, 4) is 11.3 Å². The number of para-hydroxylation sites is 1. The van der Waals surface area contributed by atoms with Gasteiger partial charge in [0.1, 0.15) is 5.82 Å². The number of hydrogen-bond donors (Lipinski definition) is 2. The molecule has 31 heavy (non-hydrogen) atoms. The summed E-state index contributed by atoms with van der Waals surface area (Å²) in [6.07, 6.45) is -5.08. The van der Waals surface area contributed by atoms with Crippen LogP contribution in [0.15, 0.2) is 77.3 Å². The molecule has 2 heterocycles. The Bertz CT molecular complexity index is 1210. The third-order valence-corrected chi connectivity index (χ3v) is 3.88. The molecule has 0 saturated heterocycles. The van der Waals surface area contributed by atoms with E-state index in [1.807, 2.05) is 60.7 Å². The fourth-order valence-electron chi connectivity index (χ4n) is 2.44. The number of pyridine rings is 1. The van der Waals surface area contributed by atoms with Gasteiger partial charge in [0.2, 0.25) is 0 Å². The number of aromatic nitrogens is 2. The van der Waals surface area contributed by atoms with Gasteiger partial charge in [0, 0.05) is 17.0 Å². The maximum Gasteiger partial charge on any atom is 0.490 e. The van der Waals surface area contributed by atoms with E-state index in [0.717, 1.165) is 16.5 Å². The van der Waals surface area contributed by atoms with Gasteiger partial charge in [-0.15, -0.1) is 0 Å². The molecule has 2 aromatic heterocycles. The number of alkyl halides is 3. The van der Waals surface area contributed by atoms with Gasteiger partial charge < -0.3 is 14.9 Å². The number of aliphatic carboxylic acids is 1. The lowest BCUT2D eigenvalue weighted by Gasteiger charge is -2.03. The standard InChI is InChI=1S/C19H13N3O2.C2HF3O2/c23-19(16-12-17(24-22-16)14-7-2-1-3-8-14)21-18-11-10-13-6-4-5-9-15(13)20-18;3-2(4,5)1(6)7/h1-12H,(H,20,21,23);(H,6,7). The Morgan fingerprint density at radius 1 is 0.935 bits per heavy atom. The quantitative estimate of drug-likeness (QED) is 0.486. The highest BCUT2D eigenvalue weighted by molar-refractivity contribution is 6.03. The molecule has 10 heteroatoms. The first kappa shape index (κ1) is 21.5. The molecule has 4 aromatic rings. The molecular weight excluding hydrogens is 415 g/mol. The Labute approximate surface area is 173 Å². The van der Waals surface area contributed by atoms with Gasteiger partial charge >= 0.3 is 12.1 Å². The number of amides is 1. The highest BCUT2D eigenvalue weighted by Gasteiger charge is 2.38. The number of hydrogen-bond acceptors (Lipinski definition) is 5. The SMILES string of the molecule is O=C(Nc1ccc2ccccc2n1)c1cc(-c2ccccc2)on1.O=C(O)C(F)(F)F. The highest BCUT2D eigenvalue weighted by atomic mass is 19.4. The first-order valence-corrected chi connectivity index (χ1v) is 8.73. The van der Waals surface area contributed by atoms with Crippen molar-refractivity contribution in [2.45, 2.75) is 6.18 Å². The number of carboxylic acids is 1. The van der Waals surface area contributed by atoms with Crippen LogP contribution in [0.25, 0.3) is 22.2 Å². The van der Waals surface area contributed by atoms with Gasteiger partial charge in [0.25, 0.3) is 5.91 Å². The van der Waals surface area contributed by atoms with Crippen LogP contribution in [0.3, 0.4) is 0 Å². The molecule has 2 N–H and O–H groups in total. The van der Waals surface area contributed by atoms with Gasteiger partial charge in [-0.25, -0.2) is 9.78 Å². The predicted molar refractivity (Wildman–Crippen MR) is 105 cm³/mol. The van der Waals surface area contributed by atoms with E-state index in [0.29, 0.717) is 11.6 Å². The summed E-state index contributed by atoms with van der Waals surface area (Å²) < 4.78 is 37.0. The summed E-state index contributed by atoms with van der Waals surface area (Å²) in [7, 11) is 0. The van der Waals surface area contributed by atoms with Crippen LogP contribution in [0.4, 0.5) is 19.0 Å². The van der Waals surface area contributed by atoms with Crippen LogP contribution in [0.2, 0.25) is 0 Å². The zero-order chi connectivity index (χ0) is 22.4. The molecular formula is C21H14F3N3O4. The Hall–Kier alpha value is -4.21. The Morgan fingerprint density at radius 2 is 1.58 bits per heavy atom. The molecule has 0 bridgehead atoms. The zero-order valence-corrected chi connectivity index (χ0v) is 15.6. The van der Waals surface area contributed by atoms with Crippen LogP contribution < -0.4 is 5.32 Å². The van der Waals surface area contributed by atoms with Crippen LogP contribution in [0.1, 0.15) is 10.5 Å². The van der Waals surface area contributed by atoms with Crippen molar-refractivity contribution in [2.75, 3.05) is 5.32 Å². The first-order valence-electron chi connectivity index (χ1n) is 8.73. The van der Waals surface area contributed by atoms with Crippen molar-refractivity contribution in [3.05, 3.63) is 78.5 Å². The van der Waals surface area contributed by atoms with Crippen molar-refractivity contribution in [1.82, 2.24) is 10.1 Å². The second-order valence-corrected chi connectivity index (χ2v) is 6.09. The Morgan fingerprint density at radius 3 is 2.26 bits per heavy atom. The first-order chi connectivity index (χ1) is 14.7. The summed E-state index contributed by atoms with van der Waals surface area (Å²) in [5.41, 5.74) is 1.90. The maximum absolute atomic E-state index is 12.3. The van der Waals surface area contributed by atoms with Crippen LogP contribution in [0, 0.1) is 0 Å². The van der Waals surface area contributed by atoms with E-state index in [-0.39, 0.29) is 11.6 Å². The summed E-state index contributed by atoms with van der Waals surface area (Å²) in [4.78, 5) is 25.6. The van der Waals surface area contributed by atoms with Crippen LogP contribution in [-0.4, -0.2) is 33.3 Å². The Balaban J connectivity index is 0.000000339. The van der Waals surface area contributed by atoms with Crippen LogP contribution in [-0.2, 0) is 4.79 Å². The van der Waals surface area contributed by atoms with Crippen molar-refractivity contribution in [3.63, 3.8) is 0 Å². The van der Waals surface area contributed by atoms with E-state index in [1.54, 1.807) is 12.1 Å². The molecule has 4 rings (SSSR count). The molecule has 158 valence electrons. The summed E-state index contributed by atoms with van der Waals surface area (Å²) in [6.45, 7) is 0. The average molecular weight is 429 g/mol. The lowest BCUT2D eigenvalue weighted by Crippen LogP contribution is -2.21. The zero-order valence-electron chi connectivity index (χ0n) is 15.6. The van der Waals surface area contributed by atoms with Gasteiger partial charge in [-0.1, -0.05) is 53.7 Å². The summed E-state index contributed by atoms with van der Waals surface area (Å²) in [5.74, 6) is -2.09. The van der Waals surface area contributed by atoms with E-state index in [2.05, 4.69) is 15.5 Å². The molecule has 0 saturated carbocycles. The predicted octanol–water partition coefficient (Wildman–Crippen LogP) is 4.78. The number of carbonyl (C=O) groups is 2. The third-order valence-electron chi connectivity index (χ3n) is 3.88. The number of nitrogens with one attached hydrogen (secondary N) is 1. The largest absolute Gasteiger partial charge is 0.490 e. The number of carboxylic acid groups (broad SMARTS) is 1. The number of rotatable bonds is 3.